The van der Waals surface area contributed by atoms with Crippen LogP contribution in [0.5, 0.6) is 0 Å². The molecule has 1 heterocycles. The molecular formula is C16H18ClN3O. The van der Waals surface area contributed by atoms with Gasteiger partial charge in [-0.15, -0.1) is 0 Å². The molecule has 1 aromatic heterocycles. The van der Waals surface area contributed by atoms with Crippen LogP contribution in [0.4, 0.5) is 5.82 Å². The van der Waals surface area contributed by atoms with E-state index in [9.17, 15) is 5.11 Å². The Morgan fingerprint density at radius 2 is 2.10 bits per heavy atom. The monoisotopic (exact) mass is 303 g/mol. The van der Waals surface area contributed by atoms with Crippen LogP contribution < -0.4 is 5.32 Å². The van der Waals surface area contributed by atoms with Crippen LogP contribution in [0.2, 0.25) is 5.02 Å². The summed E-state index contributed by atoms with van der Waals surface area (Å²) in [6, 6.07) is 9.86. The molecule has 2 N–H and O–H groups in total. The molecule has 0 amide bonds. The smallest absolute Gasteiger partial charge is 0.129 e. The van der Waals surface area contributed by atoms with Crippen LogP contribution >= 0.6 is 11.6 Å². The van der Waals surface area contributed by atoms with Crippen molar-refractivity contribution in [2.75, 3.05) is 11.9 Å². The van der Waals surface area contributed by atoms with Crippen molar-refractivity contribution in [1.29, 1.82) is 0 Å². The number of benzene rings is 1. The lowest BCUT2D eigenvalue weighted by molar-refractivity contribution is 0.0732. The second-order valence-corrected chi connectivity index (χ2v) is 5.89. The third kappa shape index (κ3) is 3.71. The predicted octanol–water partition coefficient (Wildman–Crippen LogP) is 3.02. The molecule has 0 bridgehead atoms. The second-order valence-electron chi connectivity index (χ2n) is 5.46. The number of aliphatic hydroxyl groups excluding tert-OH is 1. The zero-order chi connectivity index (χ0) is 14.7. The highest BCUT2D eigenvalue weighted by atomic mass is 35.5. The summed E-state index contributed by atoms with van der Waals surface area (Å²) in [5.74, 6) is 1.21. The minimum absolute atomic E-state index is 0.163. The SMILES string of the molecule is OC1CC(c2cc(NCCc3cccc(Cl)c3)ncn2)C1. The van der Waals surface area contributed by atoms with E-state index in [1.807, 2.05) is 24.3 Å². The maximum atomic E-state index is 9.37. The summed E-state index contributed by atoms with van der Waals surface area (Å²) in [4.78, 5) is 8.53. The average Bonchev–Trinajstić information content (AvgIpc) is 2.44. The van der Waals surface area contributed by atoms with E-state index in [1.54, 1.807) is 6.33 Å². The molecule has 2 aromatic rings. The molecule has 5 heteroatoms. The Labute approximate surface area is 129 Å². The highest BCUT2D eigenvalue weighted by molar-refractivity contribution is 6.30. The molecule has 110 valence electrons. The van der Waals surface area contributed by atoms with Crippen LogP contribution in [-0.2, 0) is 6.42 Å². The highest BCUT2D eigenvalue weighted by Crippen LogP contribution is 2.35. The van der Waals surface area contributed by atoms with Gasteiger partial charge in [0.15, 0.2) is 0 Å². The molecule has 0 spiro atoms. The number of aromatic nitrogens is 2. The fourth-order valence-corrected chi connectivity index (χ4v) is 2.76. The molecule has 0 unspecified atom stereocenters. The standard InChI is InChI=1S/C16H18ClN3O/c17-13-3-1-2-11(6-13)4-5-18-16-9-15(19-10-20-16)12-7-14(21)8-12/h1-3,6,9-10,12,14,21H,4-5,7-8H2,(H,18,19,20). The van der Waals surface area contributed by atoms with E-state index >= 15 is 0 Å². The van der Waals surface area contributed by atoms with Crippen molar-refractivity contribution in [3.8, 4) is 0 Å². The highest BCUT2D eigenvalue weighted by Gasteiger charge is 2.29. The van der Waals surface area contributed by atoms with Gasteiger partial charge in [0, 0.05) is 29.2 Å². The Balaban J connectivity index is 1.54. The number of halogens is 1. The summed E-state index contributed by atoms with van der Waals surface area (Å²) >= 11 is 5.97. The summed E-state index contributed by atoms with van der Waals surface area (Å²) < 4.78 is 0. The summed E-state index contributed by atoms with van der Waals surface area (Å²) in [6.45, 7) is 0.796. The van der Waals surface area contributed by atoms with Crippen LogP contribution in [0.1, 0.15) is 30.0 Å². The minimum Gasteiger partial charge on any atom is -0.393 e. The third-order valence-corrected chi connectivity index (χ3v) is 4.06. The van der Waals surface area contributed by atoms with Crippen LogP contribution in [0, 0.1) is 0 Å². The van der Waals surface area contributed by atoms with Crippen LogP contribution in [0.15, 0.2) is 36.7 Å². The molecular weight excluding hydrogens is 286 g/mol. The zero-order valence-electron chi connectivity index (χ0n) is 11.7. The first-order chi connectivity index (χ1) is 10.2. The first kappa shape index (κ1) is 14.3. The Morgan fingerprint density at radius 3 is 2.86 bits per heavy atom. The topological polar surface area (TPSA) is 58.0 Å². The molecule has 3 rings (SSSR count). The van der Waals surface area contributed by atoms with Crippen molar-refractivity contribution in [2.45, 2.75) is 31.3 Å². The predicted molar refractivity (Wildman–Crippen MR) is 83.7 cm³/mol. The van der Waals surface area contributed by atoms with E-state index in [-0.39, 0.29) is 6.10 Å². The van der Waals surface area contributed by atoms with Crippen molar-refractivity contribution >= 4 is 17.4 Å². The van der Waals surface area contributed by atoms with E-state index in [1.165, 1.54) is 5.56 Å². The van der Waals surface area contributed by atoms with Gasteiger partial charge in [-0.2, -0.15) is 0 Å². The molecule has 1 aliphatic rings. The van der Waals surface area contributed by atoms with Crippen molar-refractivity contribution in [2.24, 2.45) is 0 Å². The molecule has 0 atom stereocenters. The largest absolute Gasteiger partial charge is 0.393 e. The van der Waals surface area contributed by atoms with E-state index in [4.69, 9.17) is 11.6 Å². The molecule has 1 fully saturated rings. The van der Waals surface area contributed by atoms with Gasteiger partial charge in [0.2, 0.25) is 0 Å². The molecule has 1 saturated carbocycles. The Morgan fingerprint density at radius 1 is 1.24 bits per heavy atom. The summed E-state index contributed by atoms with van der Waals surface area (Å²) in [7, 11) is 0. The normalized spacial score (nSPS) is 20.9. The maximum absolute atomic E-state index is 9.37. The molecule has 1 aromatic carbocycles. The number of nitrogens with one attached hydrogen (secondary N) is 1. The van der Waals surface area contributed by atoms with Crippen LogP contribution in [-0.4, -0.2) is 27.7 Å². The molecule has 0 saturated heterocycles. The quantitative estimate of drug-likeness (QED) is 0.891. The molecule has 0 radical (unpaired) electrons. The van der Waals surface area contributed by atoms with Gasteiger partial charge >= 0.3 is 0 Å². The lowest BCUT2D eigenvalue weighted by Gasteiger charge is -2.30. The summed E-state index contributed by atoms with van der Waals surface area (Å²) in [6.07, 6.45) is 3.92. The number of nitrogens with zero attached hydrogens (tertiary/aromatic N) is 2. The van der Waals surface area contributed by atoms with Gasteiger partial charge in [-0.3, -0.25) is 0 Å². The zero-order valence-corrected chi connectivity index (χ0v) is 12.4. The Hall–Kier alpha value is -1.65. The molecule has 4 nitrogen and oxygen atoms in total. The molecule has 1 aliphatic carbocycles. The average molecular weight is 304 g/mol. The minimum atomic E-state index is -0.163. The van der Waals surface area contributed by atoms with Gasteiger partial charge in [0.1, 0.15) is 12.1 Å². The lowest BCUT2D eigenvalue weighted by atomic mass is 9.80. The summed E-state index contributed by atoms with van der Waals surface area (Å²) in [5.41, 5.74) is 2.21. The first-order valence-corrected chi connectivity index (χ1v) is 7.57. The van der Waals surface area contributed by atoms with E-state index in [0.717, 1.165) is 42.3 Å². The van der Waals surface area contributed by atoms with Crippen molar-refractivity contribution in [1.82, 2.24) is 9.97 Å². The van der Waals surface area contributed by atoms with Crippen molar-refractivity contribution < 1.29 is 5.11 Å². The van der Waals surface area contributed by atoms with Crippen LogP contribution in [0.25, 0.3) is 0 Å². The third-order valence-electron chi connectivity index (χ3n) is 3.83. The number of hydrogen-bond acceptors (Lipinski definition) is 4. The number of anilines is 1. The van der Waals surface area contributed by atoms with Crippen LogP contribution in [0.3, 0.4) is 0 Å². The van der Waals surface area contributed by atoms with Gasteiger partial charge in [-0.05, 0) is 37.0 Å². The first-order valence-electron chi connectivity index (χ1n) is 7.19. The van der Waals surface area contributed by atoms with E-state index in [0.29, 0.717) is 5.92 Å². The van der Waals surface area contributed by atoms with Gasteiger partial charge in [0.05, 0.1) is 6.10 Å². The fourth-order valence-electron chi connectivity index (χ4n) is 2.55. The Bertz CT molecular complexity index is 614. The Kier molecular flexibility index (Phi) is 4.36. The van der Waals surface area contributed by atoms with Gasteiger partial charge in [-0.1, -0.05) is 23.7 Å². The number of rotatable bonds is 5. The van der Waals surface area contributed by atoms with E-state index in [2.05, 4.69) is 21.4 Å². The lowest BCUT2D eigenvalue weighted by Crippen LogP contribution is -2.27. The molecule has 0 aliphatic heterocycles. The van der Waals surface area contributed by atoms with E-state index < -0.39 is 0 Å². The second kappa shape index (κ2) is 6.41. The van der Waals surface area contributed by atoms with Gasteiger partial charge in [0.25, 0.3) is 0 Å². The van der Waals surface area contributed by atoms with Gasteiger partial charge in [-0.25, -0.2) is 9.97 Å². The number of hydrogen-bond donors (Lipinski definition) is 2. The molecule has 21 heavy (non-hydrogen) atoms. The maximum Gasteiger partial charge on any atom is 0.129 e. The van der Waals surface area contributed by atoms with Crippen molar-refractivity contribution in [3.05, 3.63) is 52.9 Å². The fraction of sp³-hybridized carbons (Fsp3) is 0.375. The van der Waals surface area contributed by atoms with Crippen molar-refractivity contribution in [3.63, 3.8) is 0 Å². The number of aliphatic hydroxyl groups is 1. The summed E-state index contributed by atoms with van der Waals surface area (Å²) in [5, 5.41) is 13.4. The van der Waals surface area contributed by atoms with Gasteiger partial charge < -0.3 is 10.4 Å².